The van der Waals surface area contributed by atoms with Gasteiger partial charge in [-0.25, -0.2) is 4.79 Å². The minimum Gasteiger partial charge on any atom is -0.478 e. The van der Waals surface area contributed by atoms with Gasteiger partial charge in [-0.1, -0.05) is 25.0 Å². The molecule has 4 heteroatoms. The van der Waals surface area contributed by atoms with Crippen molar-refractivity contribution in [1.29, 1.82) is 0 Å². The molecule has 4 aliphatic carbocycles. The maximum absolute atomic E-state index is 12.6. The Morgan fingerprint density at radius 1 is 1.13 bits per heavy atom. The van der Waals surface area contributed by atoms with Crippen molar-refractivity contribution < 1.29 is 14.7 Å². The number of ketones is 1. The fourth-order valence-electron chi connectivity index (χ4n) is 5.63. The van der Waals surface area contributed by atoms with E-state index in [4.69, 9.17) is 5.73 Å². The van der Waals surface area contributed by atoms with Gasteiger partial charge in [0, 0.05) is 12.5 Å². The minimum atomic E-state index is -1.08. The molecule has 168 valence electrons. The maximum atomic E-state index is 12.6. The Labute approximate surface area is 186 Å². The molecule has 4 aliphatic rings. The van der Waals surface area contributed by atoms with Gasteiger partial charge in [-0.3, -0.25) is 4.79 Å². The average Bonchev–Trinajstić information content (AvgIpc) is 3.58. The fraction of sp³-hybridized carbons (Fsp3) is 0.630. The van der Waals surface area contributed by atoms with Crippen LogP contribution in [-0.4, -0.2) is 22.9 Å². The van der Waals surface area contributed by atoms with Gasteiger partial charge in [0.15, 0.2) is 5.78 Å². The summed E-state index contributed by atoms with van der Waals surface area (Å²) >= 11 is 0. The van der Waals surface area contributed by atoms with E-state index in [-0.39, 0.29) is 11.4 Å². The van der Waals surface area contributed by atoms with Crippen molar-refractivity contribution in [2.75, 3.05) is 0 Å². The summed E-state index contributed by atoms with van der Waals surface area (Å²) in [4.78, 5) is 24.4. The van der Waals surface area contributed by atoms with E-state index in [0.29, 0.717) is 24.3 Å². The number of hydrogen-bond donors (Lipinski definition) is 2. The van der Waals surface area contributed by atoms with E-state index in [1.165, 1.54) is 42.4 Å². The lowest BCUT2D eigenvalue weighted by molar-refractivity contribution is -0.134. The second-order valence-electron chi connectivity index (χ2n) is 10.2. The number of allylic oxidation sites excluding steroid dienone is 7. The van der Waals surface area contributed by atoms with Crippen LogP contribution in [0.4, 0.5) is 0 Å². The summed E-state index contributed by atoms with van der Waals surface area (Å²) in [7, 11) is 0. The summed E-state index contributed by atoms with van der Waals surface area (Å²) in [6.45, 7) is 2.22. The second-order valence-corrected chi connectivity index (χ2v) is 10.2. The summed E-state index contributed by atoms with van der Waals surface area (Å²) < 4.78 is 0. The third kappa shape index (κ3) is 5.46. The smallest absolute Gasteiger partial charge is 0.339 e. The summed E-state index contributed by atoms with van der Waals surface area (Å²) in [5.41, 5.74) is 11.3. The predicted octanol–water partition coefficient (Wildman–Crippen LogP) is 5.65. The zero-order chi connectivity index (χ0) is 22.0. The molecule has 4 nitrogen and oxygen atoms in total. The van der Waals surface area contributed by atoms with Gasteiger partial charge in [0.05, 0.1) is 0 Å². The van der Waals surface area contributed by atoms with Crippen LogP contribution in [0.2, 0.25) is 0 Å². The van der Waals surface area contributed by atoms with Crippen LogP contribution in [0, 0.1) is 17.8 Å². The number of carbonyl (C=O) groups is 2. The molecule has 3 unspecified atom stereocenters. The highest BCUT2D eigenvalue weighted by Gasteiger charge is 2.32. The highest BCUT2D eigenvalue weighted by Crippen LogP contribution is 2.45. The van der Waals surface area contributed by atoms with Gasteiger partial charge in [0.1, 0.15) is 5.57 Å². The third-order valence-electron chi connectivity index (χ3n) is 7.86. The van der Waals surface area contributed by atoms with Crippen molar-refractivity contribution in [3.8, 4) is 0 Å². The Bertz CT molecular complexity index is 856. The van der Waals surface area contributed by atoms with E-state index >= 15 is 0 Å². The minimum absolute atomic E-state index is 0.0197. The van der Waals surface area contributed by atoms with Crippen molar-refractivity contribution in [2.24, 2.45) is 23.5 Å². The normalized spacial score (nSPS) is 30.2. The molecule has 31 heavy (non-hydrogen) atoms. The Morgan fingerprint density at radius 2 is 1.94 bits per heavy atom. The molecule has 2 fully saturated rings. The van der Waals surface area contributed by atoms with Crippen molar-refractivity contribution >= 4 is 11.8 Å². The molecule has 0 aliphatic heterocycles. The number of Topliss-reactive ketones (excluding diaryl/α,β-unsaturated/α-hetero) is 1. The SMILES string of the molecule is CC1=C(CCC2CCCC(N)CC2)C=CC2CCC(=O)C(C(=O)O)=CC(C3CC3)=C1C2. The molecule has 0 aromatic heterocycles. The van der Waals surface area contributed by atoms with E-state index in [9.17, 15) is 14.7 Å². The number of aliphatic carboxylic acids is 1. The molecule has 0 heterocycles. The van der Waals surface area contributed by atoms with Crippen LogP contribution >= 0.6 is 0 Å². The first kappa shape index (κ1) is 22.3. The summed E-state index contributed by atoms with van der Waals surface area (Å²) in [6, 6.07) is 0.378. The van der Waals surface area contributed by atoms with Crippen molar-refractivity contribution in [3.05, 3.63) is 46.1 Å². The molecule has 0 aromatic carbocycles. The summed E-state index contributed by atoms with van der Waals surface area (Å²) in [5.74, 6) is 0.166. The number of carboxylic acids is 1. The van der Waals surface area contributed by atoms with Crippen LogP contribution in [0.1, 0.15) is 84.0 Å². The molecule has 0 radical (unpaired) electrons. The molecule has 0 spiro atoms. The topological polar surface area (TPSA) is 80.4 Å². The highest BCUT2D eigenvalue weighted by atomic mass is 16.4. The van der Waals surface area contributed by atoms with E-state index in [1.54, 1.807) is 6.08 Å². The number of rotatable bonds is 5. The van der Waals surface area contributed by atoms with Crippen LogP contribution in [-0.2, 0) is 9.59 Å². The molecule has 3 N–H and O–H groups in total. The molecule has 3 atom stereocenters. The Hall–Kier alpha value is -1.94. The van der Waals surface area contributed by atoms with Crippen molar-refractivity contribution in [3.63, 3.8) is 0 Å². The first-order valence-corrected chi connectivity index (χ1v) is 12.3. The zero-order valence-corrected chi connectivity index (χ0v) is 18.9. The standard InChI is InChI=1S/C27H37NO3/c1-17-20(9-5-18-3-2-4-22(28)13-7-18)10-6-19-8-14-26(29)25(27(30)31)16-24(21-11-12-21)23(17)15-19/h6,10,16,18-19,21-22H,2-5,7-9,11-15,28H2,1H3,(H,30,31). The molecular formula is C27H37NO3. The quantitative estimate of drug-likeness (QED) is 0.442. The van der Waals surface area contributed by atoms with Crippen LogP contribution in [0.5, 0.6) is 0 Å². The lowest BCUT2D eigenvalue weighted by Gasteiger charge is -2.19. The average molecular weight is 424 g/mol. The van der Waals surface area contributed by atoms with Crippen LogP contribution in [0.25, 0.3) is 0 Å². The molecule has 0 aromatic rings. The van der Waals surface area contributed by atoms with E-state index in [2.05, 4.69) is 19.1 Å². The van der Waals surface area contributed by atoms with Gasteiger partial charge in [-0.15, -0.1) is 0 Å². The monoisotopic (exact) mass is 423 g/mol. The molecular weight excluding hydrogens is 386 g/mol. The fourth-order valence-corrected chi connectivity index (χ4v) is 5.63. The van der Waals surface area contributed by atoms with Gasteiger partial charge < -0.3 is 10.8 Å². The zero-order valence-electron chi connectivity index (χ0n) is 18.9. The Morgan fingerprint density at radius 3 is 2.68 bits per heavy atom. The van der Waals surface area contributed by atoms with Crippen LogP contribution < -0.4 is 5.73 Å². The molecule has 0 saturated heterocycles. The van der Waals surface area contributed by atoms with Crippen LogP contribution in [0.15, 0.2) is 46.1 Å². The maximum Gasteiger partial charge on any atom is 0.339 e. The Kier molecular flexibility index (Phi) is 6.95. The molecule has 4 rings (SSSR count). The van der Waals surface area contributed by atoms with Gasteiger partial charge in [0.25, 0.3) is 0 Å². The van der Waals surface area contributed by atoms with Crippen molar-refractivity contribution in [2.45, 2.75) is 90.0 Å². The van der Waals surface area contributed by atoms with Gasteiger partial charge in [-0.05, 0) is 111 Å². The summed E-state index contributed by atoms with van der Waals surface area (Å²) in [6.07, 6.45) is 18.9. The lowest BCUT2D eigenvalue weighted by atomic mass is 9.86. The van der Waals surface area contributed by atoms with E-state index in [0.717, 1.165) is 56.4 Å². The number of fused-ring (bicyclic) bond motifs is 2. The Balaban J connectivity index is 1.65. The number of carbonyl (C=O) groups excluding carboxylic acids is 1. The van der Waals surface area contributed by atoms with Gasteiger partial charge in [-0.2, -0.15) is 0 Å². The summed E-state index contributed by atoms with van der Waals surface area (Å²) in [5, 5.41) is 9.67. The molecule has 0 amide bonds. The molecule has 2 saturated carbocycles. The first-order valence-electron chi connectivity index (χ1n) is 12.3. The van der Waals surface area contributed by atoms with E-state index in [1.807, 2.05) is 0 Å². The van der Waals surface area contributed by atoms with Crippen molar-refractivity contribution in [1.82, 2.24) is 0 Å². The third-order valence-corrected chi connectivity index (χ3v) is 7.86. The highest BCUT2D eigenvalue weighted by molar-refractivity contribution is 6.17. The predicted molar refractivity (Wildman–Crippen MR) is 123 cm³/mol. The number of nitrogens with two attached hydrogens (primary N) is 1. The van der Waals surface area contributed by atoms with Crippen LogP contribution in [0.3, 0.4) is 0 Å². The van der Waals surface area contributed by atoms with E-state index < -0.39 is 5.97 Å². The van der Waals surface area contributed by atoms with Gasteiger partial charge >= 0.3 is 5.97 Å². The second kappa shape index (κ2) is 9.68. The lowest BCUT2D eigenvalue weighted by Crippen LogP contribution is -2.18. The number of hydrogen-bond acceptors (Lipinski definition) is 3. The largest absolute Gasteiger partial charge is 0.478 e. The molecule has 2 bridgehead atoms. The first-order chi connectivity index (χ1) is 14.9. The number of carboxylic acid groups (broad SMARTS) is 1. The van der Waals surface area contributed by atoms with Gasteiger partial charge in [0.2, 0.25) is 0 Å².